The number of carbonyl (C=O) groups is 2. The molecule has 0 fully saturated rings. The summed E-state index contributed by atoms with van der Waals surface area (Å²) in [4.78, 5) is 42.0. The highest BCUT2D eigenvalue weighted by molar-refractivity contribution is 7.71. The fourth-order valence-electron chi connectivity index (χ4n) is 3.81. The van der Waals surface area contributed by atoms with Crippen LogP contribution in [0.5, 0.6) is 0 Å². The molecular formula is C25H30N4O3S. The average Bonchev–Trinajstić information content (AvgIpc) is 2.78. The lowest BCUT2D eigenvalue weighted by atomic mass is 10.1. The van der Waals surface area contributed by atoms with Gasteiger partial charge in [-0.15, -0.1) is 0 Å². The lowest BCUT2D eigenvalue weighted by molar-refractivity contribution is -0.133. The van der Waals surface area contributed by atoms with Crippen LogP contribution in [0.2, 0.25) is 0 Å². The Labute approximate surface area is 198 Å². The fourth-order valence-corrected chi connectivity index (χ4v) is 4.09. The SMILES string of the molecule is Cc1cccc(C)c1NC(=O)CN(C)C(=O)CCCCCn1c(=S)[nH]c2ccccc2c1=O. The molecule has 0 bridgehead atoms. The molecule has 2 N–H and O–H groups in total. The number of hydrogen-bond acceptors (Lipinski definition) is 4. The van der Waals surface area contributed by atoms with Gasteiger partial charge in [0.2, 0.25) is 11.8 Å². The Morgan fingerprint density at radius 1 is 1.03 bits per heavy atom. The van der Waals surface area contributed by atoms with Crippen LogP contribution in [0.1, 0.15) is 36.8 Å². The molecule has 3 aromatic rings. The van der Waals surface area contributed by atoms with Crippen LogP contribution in [0.15, 0.2) is 47.3 Å². The summed E-state index contributed by atoms with van der Waals surface area (Å²) in [5.74, 6) is -0.292. The fraction of sp³-hybridized carbons (Fsp3) is 0.360. The van der Waals surface area contributed by atoms with E-state index in [-0.39, 0.29) is 23.9 Å². The number of aromatic amines is 1. The van der Waals surface area contributed by atoms with Crippen LogP contribution < -0.4 is 10.9 Å². The average molecular weight is 467 g/mol. The van der Waals surface area contributed by atoms with Gasteiger partial charge in [0, 0.05) is 25.7 Å². The molecule has 0 saturated heterocycles. The van der Waals surface area contributed by atoms with Crippen molar-refractivity contribution in [2.75, 3.05) is 18.9 Å². The second-order valence-corrected chi connectivity index (χ2v) is 8.69. The Morgan fingerprint density at radius 2 is 1.73 bits per heavy atom. The third-order valence-corrected chi connectivity index (χ3v) is 6.04. The molecule has 174 valence electrons. The van der Waals surface area contributed by atoms with Gasteiger partial charge in [-0.05, 0) is 62.2 Å². The van der Waals surface area contributed by atoms with Crippen molar-refractivity contribution in [2.24, 2.45) is 0 Å². The van der Waals surface area contributed by atoms with Crippen molar-refractivity contribution in [3.8, 4) is 0 Å². The van der Waals surface area contributed by atoms with Crippen LogP contribution >= 0.6 is 12.2 Å². The summed E-state index contributed by atoms with van der Waals surface area (Å²) >= 11 is 5.33. The van der Waals surface area contributed by atoms with E-state index in [2.05, 4.69) is 10.3 Å². The Hall–Kier alpha value is -3.26. The van der Waals surface area contributed by atoms with Gasteiger partial charge >= 0.3 is 0 Å². The number of hydrogen-bond donors (Lipinski definition) is 2. The van der Waals surface area contributed by atoms with Gasteiger partial charge in [0.15, 0.2) is 4.77 Å². The van der Waals surface area contributed by atoms with Crippen LogP contribution in [-0.2, 0) is 16.1 Å². The number of aromatic nitrogens is 2. The molecule has 0 aliphatic rings. The Morgan fingerprint density at radius 3 is 2.45 bits per heavy atom. The third kappa shape index (κ3) is 6.16. The number of aryl methyl sites for hydroxylation is 2. The van der Waals surface area contributed by atoms with E-state index in [1.165, 1.54) is 4.90 Å². The maximum absolute atomic E-state index is 12.7. The van der Waals surface area contributed by atoms with Gasteiger partial charge < -0.3 is 15.2 Å². The second kappa shape index (κ2) is 11.0. The quantitative estimate of drug-likeness (QED) is 0.363. The topological polar surface area (TPSA) is 87.2 Å². The molecule has 1 aromatic heterocycles. The standard InChI is InChI=1S/C25H30N4O3S/c1-17-10-9-11-18(2)23(17)27-21(30)16-28(3)22(31)14-5-4-8-15-29-24(32)19-12-6-7-13-20(19)26-25(29)33/h6-7,9-13H,4-5,8,14-16H2,1-3H3,(H,26,33)(H,27,30). The van der Waals surface area contributed by atoms with E-state index in [4.69, 9.17) is 12.2 Å². The lowest BCUT2D eigenvalue weighted by Gasteiger charge is -2.18. The number of amides is 2. The predicted molar refractivity (Wildman–Crippen MR) is 134 cm³/mol. The summed E-state index contributed by atoms with van der Waals surface area (Å²) in [7, 11) is 1.64. The number of carbonyl (C=O) groups excluding carboxylic acids is 2. The van der Waals surface area contributed by atoms with E-state index in [1.807, 2.05) is 50.2 Å². The molecule has 2 aromatic carbocycles. The molecule has 0 aliphatic heterocycles. The highest BCUT2D eigenvalue weighted by atomic mass is 32.1. The summed E-state index contributed by atoms with van der Waals surface area (Å²) in [6.45, 7) is 4.39. The van der Waals surface area contributed by atoms with Crippen molar-refractivity contribution in [1.82, 2.24) is 14.5 Å². The van der Waals surface area contributed by atoms with Crippen LogP contribution in [-0.4, -0.2) is 39.9 Å². The molecule has 0 atom stereocenters. The molecule has 2 amide bonds. The van der Waals surface area contributed by atoms with Gasteiger partial charge in [-0.2, -0.15) is 0 Å². The second-order valence-electron chi connectivity index (χ2n) is 8.31. The number of likely N-dealkylation sites (N-methyl/N-ethyl adjacent to an activating group) is 1. The van der Waals surface area contributed by atoms with Crippen LogP contribution in [0.4, 0.5) is 5.69 Å². The van der Waals surface area contributed by atoms with Crippen molar-refractivity contribution in [3.05, 3.63) is 68.7 Å². The third-order valence-electron chi connectivity index (χ3n) is 5.71. The summed E-state index contributed by atoms with van der Waals surface area (Å²) in [5, 5.41) is 3.52. The molecule has 3 rings (SSSR count). The smallest absolute Gasteiger partial charge is 0.262 e. The first-order valence-corrected chi connectivity index (χ1v) is 11.5. The van der Waals surface area contributed by atoms with Crippen molar-refractivity contribution in [3.63, 3.8) is 0 Å². The Kier molecular flexibility index (Phi) is 8.16. The van der Waals surface area contributed by atoms with Crippen LogP contribution in [0, 0.1) is 18.6 Å². The first-order chi connectivity index (χ1) is 15.8. The van der Waals surface area contributed by atoms with Crippen molar-refractivity contribution < 1.29 is 9.59 Å². The molecule has 0 saturated carbocycles. The minimum absolute atomic E-state index is 0.00817. The largest absolute Gasteiger partial charge is 0.336 e. The van der Waals surface area contributed by atoms with Gasteiger partial charge in [-0.3, -0.25) is 19.0 Å². The molecule has 33 heavy (non-hydrogen) atoms. The number of benzene rings is 2. The van der Waals surface area contributed by atoms with E-state index < -0.39 is 0 Å². The molecule has 1 heterocycles. The maximum atomic E-state index is 12.7. The molecular weight excluding hydrogens is 436 g/mol. The van der Waals surface area contributed by atoms with E-state index in [9.17, 15) is 14.4 Å². The molecule has 0 radical (unpaired) electrons. The van der Waals surface area contributed by atoms with Gasteiger partial charge in [0.25, 0.3) is 5.56 Å². The van der Waals surface area contributed by atoms with Crippen molar-refractivity contribution in [2.45, 2.75) is 46.1 Å². The van der Waals surface area contributed by atoms with E-state index in [1.54, 1.807) is 17.7 Å². The van der Waals surface area contributed by atoms with Crippen LogP contribution in [0.3, 0.4) is 0 Å². The highest BCUT2D eigenvalue weighted by Crippen LogP contribution is 2.19. The predicted octanol–water partition coefficient (Wildman–Crippen LogP) is 4.33. The van der Waals surface area contributed by atoms with Gasteiger partial charge in [-0.1, -0.05) is 36.8 Å². The van der Waals surface area contributed by atoms with Gasteiger partial charge in [-0.25, -0.2) is 0 Å². The number of unbranched alkanes of at least 4 members (excludes halogenated alkanes) is 2. The number of rotatable bonds is 9. The van der Waals surface area contributed by atoms with Crippen LogP contribution in [0.25, 0.3) is 10.9 Å². The zero-order chi connectivity index (χ0) is 24.0. The number of fused-ring (bicyclic) bond motifs is 1. The van der Waals surface area contributed by atoms with E-state index in [0.29, 0.717) is 29.5 Å². The van der Waals surface area contributed by atoms with E-state index >= 15 is 0 Å². The summed E-state index contributed by atoms with van der Waals surface area (Å²) in [6, 6.07) is 13.1. The molecule has 0 spiro atoms. The highest BCUT2D eigenvalue weighted by Gasteiger charge is 2.14. The number of para-hydroxylation sites is 2. The zero-order valence-corrected chi connectivity index (χ0v) is 20.1. The lowest BCUT2D eigenvalue weighted by Crippen LogP contribution is -2.35. The monoisotopic (exact) mass is 466 g/mol. The van der Waals surface area contributed by atoms with Gasteiger partial charge in [0.05, 0.1) is 17.4 Å². The Bertz CT molecular complexity index is 1260. The summed E-state index contributed by atoms with van der Waals surface area (Å²) in [5.41, 5.74) is 3.41. The Balaban J connectivity index is 1.44. The number of nitrogens with one attached hydrogen (secondary N) is 2. The minimum Gasteiger partial charge on any atom is -0.336 e. The van der Waals surface area contributed by atoms with Crippen molar-refractivity contribution >= 4 is 40.6 Å². The van der Waals surface area contributed by atoms with E-state index in [0.717, 1.165) is 35.2 Å². The number of nitrogens with zero attached hydrogens (tertiary/aromatic N) is 2. The number of H-pyrrole nitrogens is 1. The zero-order valence-electron chi connectivity index (χ0n) is 19.3. The minimum atomic E-state index is -0.215. The number of anilines is 1. The molecule has 8 heteroatoms. The van der Waals surface area contributed by atoms with Gasteiger partial charge in [0.1, 0.15) is 0 Å². The first-order valence-electron chi connectivity index (χ1n) is 11.1. The molecule has 0 aliphatic carbocycles. The summed E-state index contributed by atoms with van der Waals surface area (Å²) < 4.78 is 1.98. The normalized spacial score (nSPS) is 10.9. The molecule has 0 unspecified atom stereocenters. The van der Waals surface area contributed by atoms with Crippen molar-refractivity contribution in [1.29, 1.82) is 0 Å². The maximum Gasteiger partial charge on any atom is 0.262 e. The molecule has 7 nitrogen and oxygen atoms in total. The first kappa shape index (κ1) is 24.4. The summed E-state index contributed by atoms with van der Waals surface area (Å²) in [6.07, 6.45) is 2.55.